The number of rotatable bonds is 4. The summed E-state index contributed by atoms with van der Waals surface area (Å²) in [6.45, 7) is 0.226. The second-order valence-corrected chi connectivity index (χ2v) is 6.89. The zero-order valence-corrected chi connectivity index (χ0v) is 13.4. The van der Waals surface area contributed by atoms with Crippen LogP contribution >= 0.6 is 0 Å². The highest BCUT2D eigenvalue weighted by Gasteiger charge is 2.35. The molecule has 22 heavy (non-hydrogen) atoms. The molecule has 2 N–H and O–H groups in total. The molecule has 1 aromatic carbocycles. The number of hydrogen-bond acceptors (Lipinski definition) is 6. The minimum absolute atomic E-state index is 0.0234. The van der Waals surface area contributed by atoms with Crippen LogP contribution in [0, 0.1) is 0 Å². The molecule has 8 heteroatoms. The van der Waals surface area contributed by atoms with Crippen molar-refractivity contribution in [3.63, 3.8) is 0 Å². The number of ketones is 1. The Morgan fingerprint density at radius 1 is 1.18 bits per heavy atom. The van der Waals surface area contributed by atoms with E-state index in [0.29, 0.717) is 30.8 Å². The van der Waals surface area contributed by atoms with Gasteiger partial charge in [-0.2, -0.15) is 4.31 Å². The third kappa shape index (κ3) is 3.08. The van der Waals surface area contributed by atoms with Crippen molar-refractivity contribution in [2.75, 3.05) is 20.8 Å². The Kier molecular flexibility index (Phi) is 5.05. The highest BCUT2D eigenvalue weighted by Crippen LogP contribution is 2.31. The SMILES string of the molecule is COc1ccc(S(=O)(=O)N2CCCCC(=O)C2N)cc1OC. The summed E-state index contributed by atoms with van der Waals surface area (Å²) in [5.41, 5.74) is 5.81. The van der Waals surface area contributed by atoms with Crippen molar-refractivity contribution in [1.82, 2.24) is 4.31 Å². The zero-order chi connectivity index (χ0) is 16.3. The van der Waals surface area contributed by atoms with Crippen molar-refractivity contribution >= 4 is 15.8 Å². The fourth-order valence-corrected chi connectivity index (χ4v) is 3.95. The van der Waals surface area contributed by atoms with Gasteiger partial charge in [0.05, 0.1) is 19.1 Å². The van der Waals surface area contributed by atoms with Crippen LogP contribution in [0.3, 0.4) is 0 Å². The third-order valence-corrected chi connectivity index (χ3v) is 5.53. The molecule has 0 radical (unpaired) electrons. The summed E-state index contributed by atoms with van der Waals surface area (Å²) < 4.78 is 36.8. The molecule has 1 unspecified atom stereocenters. The van der Waals surface area contributed by atoms with Crippen molar-refractivity contribution in [2.24, 2.45) is 5.73 Å². The molecule has 0 saturated carbocycles. The van der Waals surface area contributed by atoms with Crippen LogP contribution in [-0.2, 0) is 14.8 Å². The molecule has 1 heterocycles. The van der Waals surface area contributed by atoms with Crippen molar-refractivity contribution in [3.05, 3.63) is 18.2 Å². The van der Waals surface area contributed by atoms with Gasteiger partial charge >= 0.3 is 0 Å². The lowest BCUT2D eigenvalue weighted by Crippen LogP contribution is -2.49. The van der Waals surface area contributed by atoms with E-state index < -0.39 is 16.2 Å². The Hall–Kier alpha value is -1.64. The molecule has 0 bridgehead atoms. The molecule has 7 nitrogen and oxygen atoms in total. The number of nitrogens with two attached hydrogens (primary N) is 1. The van der Waals surface area contributed by atoms with E-state index in [1.165, 1.54) is 32.4 Å². The average molecular weight is 328 g/mol. The number of nitrogens with zero attached hydrogens (tertiary/aromatic N) is 1. The minimum atomic E-state index is -3.87. The molecular formula is C14H20N2O5S. The summed E-state index contributed by atoms with van der Waals surface area (Å²) in [5, 5.41) is 0. The first-order valence-electron chi connectivity index (χ1n) is 6.94. The standard InChI is InChI=1S/C14H20N2O5S/c1-20-12-7-6-10(9-13(12)21-2)22(18,19)16-8-4-3-5-11(17)14(16)15/h6-7,9,14H,3-5,8,15H2,1-2H3. The van der Waals surface area contributed by atoms with Gasteiger partial charge in [0.25, 0.3) is 0 Å². The third-order valence-electron chi connectivity index (χ3n) is 3.65. The molecule has 0 aromatic heterocycles. The zero-order valence-electron chi connectivity index (χ0n) is 12.6. The van der Waals surface area contributed by atoms with E-state index in [9.17, 15) is 13.2 Å². The monoisotopic (exact) mass is 328 g/mol. The summed E-state index contributed by atoms with van der Waals surface area (Å²) in [6, 6.07) is 4.30. The van der Waals surface area contributed by atoms with Crippen LogP contribution in [0.4, 0.5) is 0 Å². The summed E-state index contributed by atoms with van der Waals surface area (Å²) in [7, 11) is -0.979. The minimum Gasteiger partial charge on any atom is -0.493 e. The number of ether oxygens (including phenoxy) is 2. The Morgan fingerprint density at radius 3 is 2.50 bits per heavy atom. The van der Waals surface area contributed by atoms with Crippen LogP contribution < -0.4 is 15.2 Å². The smallest absolute Gasteiger partial charge is 0.244 e. The average Bonchev–Trinajstić information content (AvgIpc) is 2.69. The van der Waals surface area contributed by atoms with Gasteiger partial charge in [0, 0.05) is 19.0 Å². The lowest BCUT2D eigenvalue weighted by Gasteiger charge is -2.25. The van der Waals surface area contributed by atoms with Gasteiger partial charge in [-0.1, -0.05) is 0 Å². The Balaban J connectivity index is 2.43. The molecule has 2 rings (SSSR count). The molecular weight excluding hydrogens is 308 g/mol. The molecule has 1 aliphatic rings. The fourth-order valence-electron chi connectivity index (χ4n) is 2.40. The maximum Gasteiger partial charge on any atom is 0.244 e. The number of methoxy groups -OCH3 is 2. The quantitative estimate of drug-likeness (QED) is 0.875. The predicted octanol–water partition coefficient (Wildman–Crippen LogP) is 0.732. The predicted molar refractivity (Wildman–Crippen MR) is 80.3 cm³/mol. The number of sulfonamides is 1. The molecule has 0 spiro atoms. The molecule has 1 atom stereocenters. The Labute approximate surface area is 130 Å². The largest absolute Gasteiger partial charge is 0.493 e. The van der Waals surface area contributed by atoms with Gasteiger partial charge in [-0.25, -0.2) is 8.42 Å². The molecule has 1 aliphatic heterocycles. The van der Waals surface area contributed by atoms with E-state index in [0.717, 1.165) is 4.31 Å². The topological polar surface area (TPSA) is 98.9 Å². The van der Waals surface area contributed by atoms with E-state index in [4.69, 9.17) is 15.2 Å². The van der Waals surface area contributed by atoms with Gasteiger partial charge in [-0.15, -0.1) is 0 Å². The first kappa shape index (κ1) is 16.7. The van der Waals surface area contributed by atoms with Gasteiger partial charge < -0.3 is 15.2 Å². The fraction of sp³-hybridized carbons (Fsp3) is 0.500. The van der Waals surface area contributed by atoms with Crippen LogP contribution in [0.2, 0.25) is 0 Å². The number of hydrogen-bond donors (Lipinski definition) is 1. The summed E-state index contributed by atoms with van der Waals surface area (Å²) in [6.07, 6.45) is 0.413. The maximum atomic E-state index is 12.8. The molecule has 1 aromatic rings. The maximum absolute atomic E-state index is 12.8. The normalized spacial score (nSPS) is 20.5. The van der Waals surface area contributed by atoms with Gasteiger partial charge in [0.2, 0.25) is 10.0 Å². The van der Waals surface area contributed by atoms with Crippen LogP contribution in [0.1, 0.15) is 19.3 Å². The highest BCUT2D eigenvalue weighted by molar-refractivity contribution is 7.89. The molecule has 0 aliphatic carbocycles. The summed E-state index contributed by atoms with van der Waals surface area (Å²) >= 11 is 0. The Morgan fingerprint density at radius 2 is 1.86 bits per heavy atom. The second kappa shape index (κ2) is 6.64. The van der Waals surface area contributed by atoms with Crippen molar-refractivity contribution in [2.45, 2.75) is 30.3 Å². The van der Waals surface area contributed by atoms with Gasteiger partial charge in [-0.05, 0) is 25.0 Å². The second-order valence-electron chi connectivity index (χ2n) is 5.00. The van der Waals surface area contributed by atoms with Crippen LogP contribution in [0.15, 0.2) is 23.1 Å². The van der Waals surface area contributed by atoms with Crippen molar-refractivity contribution in [3.8, 4) is 11.5 Å². The van der Waals surface area contributed by atoms with Crippen molar-refractivity contribution < 1.29 is 22.7 Å². The van der Waals surface area contributed by atoms with Crippen LogP contribution in [0.5, 0.6) is 11.5 Å². The molecule has 1 fully saturated rings. The number of benzene rings is 1. The van der Waals surface area contributed by atoms with Crippen molar-refractivity contribution in [1.29, 1.82) is 0 Å². The highest BCUT2D eigenvalue weighted by atomic mass is 32.2. The molecule has 122 valence electrons. The van der Waals surface area contributed by atoms with E-state index >= 15 is 0 Å². The lowest BCUT2D eigenvalue weighted by atomic mass is 10.2. The van der Waals surface area contributed by atoms with E-state index in [-0.39, 0.29) is 17.2 Å². The lowest BCUT2D eigenvalue weighted by molar-refractivity contribution is -0.122. The number of carbonyl (C=O) groups excluding carboxylic acids is 1. The van der Waals surface area contributed by atoms with Gasteiger partial charge in [0.1, 0.15) is 6.17 Å². The van der Waals surface area contributed by atoms with Gasteiger partial charge in [-0.3, -0.25) is 4.79 Å². The summed E-state index contributed by atoms with van der Waals surface area (Å²) in [4.78, 5) is 11.9. The van der Waals surface area contributed by atoms with E-state index in [1.54, 1.807) is 0 Å². The number of carbonyl (C=O) groups is 1. The van der Waals surface area contributed by atoms with Crippen LogP contribution in [0.25, 0.3) is 0 Å². The van der Waals surface area contributed by atoms with Gasteiger partial charge in [0.15, 0.2) is 17.3 Å². The van der Waals surface area contributed by atoms with E-state index in [2.05, 4.69) is 0 Å². The first-order valence-corrected chi connectivity index (χ1v) is 8.38. The van der Waals surface area contributed by atoms with Crippen LogP contribution in [-0.4, -0.2) is 45.4 Å². The summed E-state index contributed by atoms with van der Waals surface area (Å²) in [5.74, 6) is 0.470. The first-order chi connectivity index (χ1) is 10.4. The molecule has 1 saturated heterocycles. The Bertz CT molecular complexity index is 659. The van der Waals surface area contributed by atoms with E-state index in [1.807, 2.05) is 0 Å². The molecule has 0 amide bonds. The number of Topliss-reactive ketones (excluding diaryl/α,β-unsaturated/α-hetero) is 1.